The van der Waals surface area contributed by atoms with E-state index >= 15 is 0 Å². The van der Waals surface area contributed by atoms with E-state index in [9.17, 15) is 14.7 Å². The summed E-state index contributed by atoms with van der Waals surface area (Å²) in [5.74, 6) is 0.319. The van der Waals surface area contributed by atoms with Crippen molar-refractivity contribution in [3.05, 3.63) is 59.8 Å². The molecule has 2 aromatic carbocycles. The van der Waals surface area contributed by atoms with Crippen molar-refractivity contribution in [2.75, 3.05) is 26.1 Å². The summed E-state index contributed by atoms with van der Waals surface area (Å²) in [4.78, 5) is 24.6. The molecule has 0 aliphatic heterocycles. The number of rotatable bonds is 9. The van der Waals surface area contributed by atoms with E-state index in [2.05, 4.69) is 15.7 Å². The topological polar surface area (TPSA) is 124 Å². The Morgan fingerprint density at radius 3 is 2.48 bits per heavy atom. The molecular weight excluding hydrogens is 428 g/mol. The zero-order valence-corrected chi connectivity index (χ0v) is 18.8. The Kier molecular flexibility index (Phi) is 7.52. The lowest BCUT2D eigenvalue weighted by Crippen LogP contribution is -2.18. The third-order valence-corrected chi connectivity index (χ3v) is 4.51. The Balaban J connectivity index is 1.89. The summed E-state index contributed by atoms with van der Waals surface area (Å²) in [5.41, 5.74) is 0.398. The van der Waals surface area contributed by atoms with Crippen LogP contribution in [0.25, 0.3) is 0 Å². The number of carbonyl (C=O) groups excluding carboxylic acids is 2. The zero-order chi connectivity index (χ0) is 24.0. The number of amides is 2. The molecule has 3 N–H and O–H groups in total. The average Bonchev–Trinajstić information content (AvgIpc) is 3.17. The second-order valence-electron chi connectivity index (χ2n) is 7.27. The van der Waals surface area contributed by atoms with Crippen LogP contribution < -0.4 is 20.1 Å². The van der Waals surface area contributed by atoms with Gasteiger partial charge in [0.15, 0.2) is 5.82 Å². The number of aromatic nitrogens is 2. The van der Waals surface area contributed by atoms with Crippen LogP contribution in [0, 0.1) is 0 Å². The molecule has 0 saturated heterocycles. The molecule has 0 spiro atoms. The van der Waals surface area contributed by atoms with Gasteiger partial charge in [-0.25, -0.2) is 0 Å². The monoisotopic (exact) mass is 454 g/mol. The van der Waals surface area contributed by atoms with Crippen molar-refractivity contribution >= 4 is 17.6 Å². The molecule has 3 rings (SSSR count). The van der Waals surface area contributed by atoms with E-state index in [1.54, 1.807) is 49.3 Å². The van der Waals surface area contributed by atoms with Crippen molar-refractivity contribution in [1.29, 1.82) is 0 Å². The molecule has 0 radical (unpaired) electrons. The van der Waals surface area contributed by atoms with Crippen LogP contribution in [0.3, 0.4) is 0 Å². The van der Waals surface area contributed by atoms with Gasteiger partial charge in [-0.05, 0) is 31.2 Å². The molecule has 1 heterocycles. The minimum atomic E-state index is -0.421. The first kappa shape index (κ1) is 23.6. The van der Waals surface area contributed by atoms with Crippen LogP contribution in [-0.4, -0.2) is 53.6 Å². The molecule has 10 heteroatoms. The standard InChI is InChI=1S/C23H26N4O6/c1-14(13-31-4)32-17-9-15(22(29)25-21-7-8-27(3)26-21)10-18(11-17)33-16-5-6-19(20(28)12-16)23(30)24-2/h5-12,14,28H,13H2,1-4H3,(H,24,30)(H,25,26,29)/t14-/m0/s1. The SMILES string of the molecule is CNC(=O)c1ccc(Oc2cc(O[C@@H](C)COC)cc(C(=O)Nc3ccn(C)n3)c2)cc1O. The third kappa shape index (κ3) is 6.23. The van der Waals surface area contributed by atoms with Gasteiger partial charge in [0, 0.05) is 51.2 Å². The largest absolute Gasteiger partial charge is 0.507 e. The summed E-state index contributed by atoms with van der Waals surface area (Å²) < 4.78 is 18.4. The first-order valence-corrected chi connectivity index (χ1v) is 10.1. The van der Waals surface area contributed by atoms with E-state index in [0.29, 0.717) is 23.9 Å². The summed E-state index contributed by atoms with van der Waals surface area (Å²) in [6, 6.07) is 10.7. The molecule has 3 aromatic rings. The van der Waals surface area contributed by atoms with Crippen LogP contribution in [0.1, 0.15) is 27.6 Å². The minimum absolute atomic E-state index is 0.116. The van der Waals surface area contributed by atoms with E-state index in [1.165, 1.54) is 25.2 Å². The van der Waals surface area contributed by atoms with Gasteiger partial charge in [-0.3, -0.25) is 14.3 Å². The Morgan fingerprint density at radius 1 is 1.09 bits per heavy atom. The van der Waals surface area contributed by atoms with Gasteiger partial charge in [0.05, 0.1) is 12.2 Å². The van der Waals surface area contributed by atoms with Gasteiger partial charge >= 0.3 is 0 Å². The molecule has 0 aliphatic rings. The van der Waals surface area contributed by atoms with Crippen LogP contribution in [0.5, 0.6) is 23.0 Å². The number of hydrogen-bond acceptors (Lipinski definition) is 7. The lowest BCUT2D eigenvalue weighted by Gasteiger charge is -2.16. The van der Waals surface area contributed by atoms with Crippen molar-refractivity contribution < 1.29 is 28.9 Å². The second-order valence-corrected chi connectivity index (χ2v) is 7.27. The number of methoxy groups -OCH3 is 1. The number of phenols is 1. The van der Waals surface area contributed by atoms with Crippen LogP contribution in [0.2, 0.25) is 0 Å². The maximum absolute atomic E-state index is 12.8. The number of phenolic OH excluding ortho intramolecular Hbond substituents is 1. The van der Waals surface area contributed by atoms with Gasteiger partial charge in [0.2, 0.25) is 0 Å². The van der Waals surface area contributed by atoms with E-state index in [0.717, 1.165) is 0 Å². The highest BCUT2D eigenvalue weighted by Gasteiger charge is 2.15. The van der Waals surface area contributed by atoms with E-state index < -0.39 is 11.8 Å². The first-order chi connectivity index (χ1) is 15.8. The molecule has 0 unspecified atom stereocenters. The van der Waals surface area contributed by atoms with Gasteiger partial charge in [-0.2, -0.15) is 5.10 Å². The third-order valence-electron chi connectivity index (χ3n) is 4.51. The first-order valence-electron chi connectivity index (χ1n) is 10.1. The van der Waals surface area contributed by atoms with Crippen molar-refractivity contribution in [3.8, 4) is 23.0 Å². The fraction of sp³-hybridized carbons (Fsp3) is 0.261. The Morgan fingerprint density at radius 2 is 1.85 bits per heavy atom. The van der Waals surface area contributed by atoms with E-state index in [4.69, 9.17) is 14.2 Å². The van der Waals surface area contributed by atoms with Gasteiger partial charge < -0.3 is 30.0 Å². The van der Waals surface area contributed by atoms with Crippen molar-refractivity contribution in [2.45, 2.75) is 13.0 Å². The predicted molar refractivity (Wildman–Crippen MR) is 121 cm³/mol. The molecule has 1 atom stereocenters. The van der Waals surface area contributed by atoms with E-state index in [-0.39, 0.29) is 28.7 Å². The Bertz CT molecular complexity index is 1140. The predicted octanol–water partition coefficient (Wildman–Crippen LogP) is 2.94. The highest BCUT2D eigenvalue weighted by molar-refractivity contribution is 6.04. The summed E-state index contributed by atoms with van der Waals surface area (Å²) >= 11 is 0. The lowest BCUT2D eigenvalue weighted by atomic mass is 10.1. The summed E-state index contributed by atoms with van der Waals surface area (Å²) in [7, 11) is 4.79. The molecule has 0 saturated carbocycles. The maximum atomic E-state index is 12.8. The Hall–Kier alpha value is -4.05. The maximum Gasteiger partial charge on any atom is 0.257 e. The van der Waals surface area contributed by atoms with Gasteiger partial charge in [0.1, 0.15) is 29.1 Å². The number of aryl methyl sites for hydroxylation is 1. The summed E-state index contributed by atoms with van der Waals surface area (Å²) in [5, 5.41) is 19.5. The van der Waals surface area contributed by atoms with Gasteiger partial charge in [-0.15, -0.1) is 0 Å². The number of nitrogens with zero attached hydrogens (tertiary/aromatic N) is 2. The lowest BCUT2D eigenvalue weighted by molar-refractivity contribution is 0.0915. The van der Waals surface area contributed by atoms with Crippen molar-refractivity contribution in [2.24, 2.45) is 7.05 Å². The van der Waals surface area contributed by atoms with Crippen molar-refractivity contribution in [3.63, 3.8) is 0 Å². The highest BCUT2D eigenvalue weighted by Crippen LogP contribution is 2.31. The van der Waals surface area contributed by atoms with Crippen LogP contribution in [0.4, 0.5) is 5.82 Å². The molecule has 2 amide bonds. The molecular formula is C23H26N4O6. The minimum Gasteiger partial charge on any atom is -0.507 e. The molecule has 33 heavy (non-hydrogen) atoms. The summed E-state index contributed by atoms with van der Waals surface area (Å²) in [6.07, 6.45) is 1.44. The fourth-order valence-corrected chi connectivity index (χ4v) is 3.04. The number of anilines is 1. The normalized spacial score (nSPS) is 11.5. The highest BCUT2D eigenvalue weighted by atomic mass is 16.5. The fourth-order valence-electron chi connectivity index (χ4n) is 3.04. The zero-order valence-electron chi connectivity index (χ0n) is 18.8. The smallest absolute Gasteiger partial charge is 0.257 e. The van der Waals surface area contributed by atoms with Gasteiger partial charge in [-0.1, -0.05) is 0 Å². The quantitative estimate of drug-likeness (QED) is 0.454. The number of ether oxygens (including phenoxy) is 3. The van der Waals surface area contributed by atoms with Crippen LogP contribution in [0.15, 0.2) is 48.7 Å². The van der Waals surface area contributed by atoms with Crippen molar-refractivity contribution in [1.82, 2.24) is 15.1 Å². The van der Waals surface area contributed by atoms with Crippen LogP contribution in [-0.2, 0) is 11.8 Å². The molecule has 174 valence electrons. The number of carbonyl (C=O) groups is 2. The number of nitrogens with one attached hydrogen (secondary N) is 2. The number of hydrogen-bond donors (Lipinski definition) is 3. The molecule has 1 aromatic heterocycles. The van der Waals surface area contributed by atoms with Gasteiger partial charge in [0.25, 0.3) is 11.8 Å². The Labute approximate surface area is 191 Å². The van der Waals surface area contributed by atoms with Crippen LogP contribution >= 0.6 is 0 Å². The summed E-state index contributed by atoms with van der Waals surface area (Å²) in [6.45, 7) is 2.19. The molecule has 10 nitrogen and oxygen atoms in total. The number of aromatic hydroxyl groups is 1. The second kappa shape index (κ2) is 10.5. The average molecular weight is 454 g/mol. The molecule has 0 bridgehead atoms. The molecule has 0 aliphatic carbocycles. The van der Waals surface area contributed by atoms with E-state index in [1.807, 2.05) is 6.92 Å². The number of benzene rings is 2. The molecule has 0 fully saturated rings.